The highest BCUT2D eigenvalue weighted by Gasteiger charge is 2.41. The first kappa shape index (κ1) is 16.7. The van der Waals surface area contributed by atoms with Crippen LogP contribution in [0.25, 0.3) is 0 Å². The van der Waals surface area contributed by atoms with Gasteiger partial charge in [-0.25, -0.2) is 0 Å². The number of piperidine rings is 1. The minimum Gasteiger partial charge on any atom is -0.504 e. The number of ether oxygens (including phenoxy) is 1. The standard InChI is InChI=1S/C20H28N2O3/c1-25-19-8-5-15(9-18(19)23)10-21-12-16-6-7-17(13-21)22(20(16)24)11-14-3-2-4-14/h5,8-9,14,16-17,23H,2-4,6-7,10-13H2,1H3/t16-,17+/m1/s1. The van der Waals surface area contributed by atoms with Crippen LogP contribution in [0.15, 0.2) is 18.2 Å². The van der Waals surface area contributed by atoms with Crippen molar-refractivity contribution in [3.8, 4) is 11.5 Å². The zero-order chi connectivity index (χ0) is 17.4. The molecule has 3 aliphatic heterocycles. The van der Waals surface area contributed by atoms with E-state index < -0.39 is 0 Å². The van der Waals surface area contributed by atoms with Crippen LogP contribution in [-0.2, 0) is 11.3 Å². The van der Waals surface area contributed by atoms with Gasteiger partial charge in [0.15, 0.2) is 11.5 Å². The molecular formula is C20H28N2O3. The third kappa shape index (κ3) is 3.34. The predicted octanol–water partition coefficient (Wildman–Crippen LogP) is 2.62. The summed E-state index contributed by atoms with van der Waals surface area (Å²) in [4.78, 5) is 17.4. The molecule has 3 saturated heterocycles. The number of carbonyl (C=O) groups is 1. The number of fused-ring (bicyclic) bond motifs is 4. The summed E-state index contributed by atoms with van der Waals surface area (Å²) in [5.74, 6) is 1.94. The van der Waals surface area contributed by atoms with Crippen molar-refractivity contribution in [3.05, 3.63) is 23.8 Å². The molecule has 4 fully saturated rings. The average molecular weight is 344 g/mol. The lowest BCUT2D eigenvalue weighted by Crippen LogP contribution is -2.50. The lowest BCUT2D eigenvalue weighted by atomic mass is 9.83. The Labute approximate surface area is 149 Å². The van der Waals surface area contributed by atoms with Crippen molar-refractivity contribution >= 4 is 5.91 Å². The second-order valence-corrected chi connectivity index (χ2v) is 7.92. The molecule has 2 bridgehead atoms. The highest BCUT2D eigenvalue weighted by Crippen LogP contribution is 2.34. The Morgan fingerprint density at radius 2 is 2.04 bits per heavy atom. The number of benzene rings is 1. The first-order valence-corrected chi connectivity index (χ1v) is 9.52. The molecule has 5 heteroatoms. The number of nitrogens with zero attached hydrogens (tertiary/aromatic N) is 2. The zero-order valence-corrected chi connectivity index (χ0v) is 15.0. The van der Waals surface area contributed by atoms with Gasteiger partial charge in [0.25, 0.3) is 0 Å². The molecule has 0 unspecified atom stereocenters. The van der Waals surface area contributed by atoms with E-state index in [4.69, 9.17) is 4.74 Å². The van der Waals surface area contributed by atoms with Crippen LogP contribution in [0.5, 0.6) is 11.5 Å². The average Bonchev–Trinajstić information content (AvgIpc) is 2.82. The van der Waals surface area contributed by atoms with E-state index >= 15 is 0 Å². The maximum absolute atomic E-state index is 12.9. The van der Waals surface area contributed by atoms with Crippen molar-refractivity contribution in [2.45, 2.75) is 44.7 Å². The summed E-state index contributed by atoms with van der Waals surface area (Å²) in [6.45, 7) is 3.53. The molecular weight excluding hydrogens is 316 g/mol. The molecule has 5 nitrogen and oxygen atoms in total. The summed E-state index contributed by atoms with van der Waals surface area (Å²) in [5.41, 5.74) is 1.07. The predicted molar refractivity (Wildman–Crippen MR) is 95.5 cm³/mol. The maximum Gasteiger partial charge on any atom is 0.227 e. The van der Waals surface area contributed by atoms with Crippen LogP contribution >= 0.6 is 0 Å². The number of amides is 1. The summed E-state index contributed by atoms with van der Waals surface area (Å²) in [5, 5.41) is 10.0. The van der Waals surface area contributed by atoms with Crippen molar-refractivity contribution in [1.82, 2.24) is 9.80 Å². The zero-order valence-electron chi connectivity index (χ0n) is 15.0. The van der Waals surface area contributed by atoms with Gasteiger partial charge in [0.05, 0.1) is 13.0 Å². The fourth-order valence-corrected chi connectivity index (χ4v) is 4.54. The molecule has 1 aliphatic carbocycles. The molecule has 2 atom stereocenters. The SMILES string of the molecule is COc1ccc(CN2C[C@H]3CC[C@@H](C2)N(CC2CCC2)C3=O)cc1O. The number of rotatable bonds is 5. The normalized spacial score (nSPS) is 27.2. The number of aromatic hydroxyl groups is 1. The molecule has 4 aliphatic rings. The molecule has 1 aromatic carbocycles. The molecule has 3 heterocycles. The van der Waals surface area contributed by atoms with Crippen LogP contribution in [0.3, 0.4) is 0 Å². The van der Waals surface area contributed by atoms with Crippen molar-refractivity contribution in [2.24, 2.45) is 11.8 Å². The Morgan fingerprint density at radius 1 is 1.20 bits per heavy atom. The quantitative estimate of drug-likeness (QED) is 0.892. The van der Waals surface area contributed by atoms with Crippen LogP contribution in [0.1, 0.15) is 37.7 Å². The van der Waals surface area contributed by atoms with Crippen LogP contribution in [-0.4, -0.2) is 53.6 Å². The Balaban J connectivity index is 1.45. The van der Waals surface area contributed by atoms with E-state index in [0.29, 0.717) is 17.7 Å². The van der Waals surface area contributed by atoms with Crippen LogP contribution in [0.4, 0.5) is 0 Å². The molecule has 5 rings (SSSR count). The third-order valence-electron chi connectivity index (χ3n) is 6.20. The number of hydrogen-bond acceptors (Lipinski definition) is 4. The number of phenols is 1. The third-order valence-corrected chi connectivity index (χ3v) is 6.20. The summed E-state index contributed by atoms with van der Waals surface area (Å²) in [6.07, 6.45) is 6.06. The Morgan fingerprint density at radius 3 is 2.72 bits per heavy atom. The highest BCUT2D eigenvalue weighted by molar-refractivity contribution is 5.80. The number of methoxy groups -OCH3 is 1. The van der Waals surface area contributed by atoms with Gasteiger partial charge in [-0.3, -0.25) is 9.69 Å². The van der Waals surface area contributed by atoms with Gasteiger partial charge in [-0.15, -0.1) is 0 Å². The molecule has 1 N–H and O–H groups in total. The van der Waals surface area contributed by atoms with Gasteiger partial charge in [-0.2, -0.15) is 0 Å². The summed E-state index contributed by atoms with van der Waals surface area (Å²) >= 11 is 0. The van der Waals surface area contributed by atoms with Gasteiger partial charge in [0, 0.05) is 32.2 Å². The first-order chi connectivity index (χ1) is 12.1. The second kappa shape index (κ2) is 6.87. The maximum atomic E-state index is 12.9. The van der Waals surface area contributed by atoms with E-state index in [9.17, 15) is 9.90 Å². The molecule has 0 radical (unpaired) electrons. The minimum atomic E-state index is 0.144. The first-order valence-electron chi connectivity index (χ1n) is 9.52. The lowest BCUT2D eigenvalue weighted by molar-refractivity contribution is -0.141. The van der Waals surface area contributed by atoms with E-state index in [1.54, 1.807) is 13.2 Å². The largest absolute Gasteiger partial charge is 0.504 e. The second-order valence-electron chi connectivity index (χ2n) is 7.92. The Bertz CT molecular complexity index is 644. The van der Waals surface area contributed by atoms with Crippen molar-refractivity contribution in [1.29, 1.82) is 0 Å². The smallest absolute Gasteiger partial charge is 0.227 e. The number of phenolic OH excluding ortho intramolecular Hbond substituents is 1. The molecule has 136 valence electrons. The summed E-state index contributed by atoms with van der Waals surface area (Å²) in [7, 11) is 1.56. The van der Waals surface area contributed by atoms with Crippen molar-refractivity contribution < 1.29 is 14.6 Å². The molecule has 1 amide bonds. The highest BCUT2D eigenvalue weighted by atomic mass is 16.5. The van der Waals surface area contributed by atoms with Crippen molar-refractivity contribution in [3.63, 3.8) is 0 Å². The molecule has 0 spiro atoms. The molecule has 0 aromatic heterocycles. The monoisotopic (exact) mass is 344 g/mol. The van der Waals surface area contributed by atoms with Crippen molar-refractivity contribution in [2.75, 3.05) is 26.7 Å². The molecule has 25 heavy (non-hydrogen) atoms. The van der Waals surface area contributed by atoms with E-state index in [1.165, 1.54) is 19.3 Å². The number of carbonyl (C=O) groups excluding carboxylic acids is 1. The Kier molecular flexibility index (Phi) is 4.59. The molecule has 1 saturated carbocycles. The minimum absolute atomic E-state index is 0.144. The van der Waals surface area contributed by atoms with Gasteiger partial charge in [-0.1, -0.05) is 12.5 Å². The molecule has 1 aromatic rings. The fourth-order valence-electron chi connectivity index (χ4n) is 4.54. The van der Waals surface area contributed by atoms with E-state index in [1.807, 2.05) is 12.1 Å². The van der Waals surface area contributed by atoms with E-state index in [2.05, 4.69) is 9.80 Å². The van der Waals surface area contributed by atoms with Gasteiger partial charge in [0.1, 0.15) is 0 Å². The fraction of sp³-hybridized carbons (Fsp3) is 0.650. The van der Waals surface area contributed by atoms with Crippen LogP contribution in [0, 0.1) is 11.8 Å². The van der Waals surface area contributed by atoms with Crippen LogP contribution in [0.2, 0.25) is 0 Å². The van der Waals surface area contributed by atoms with Crippen LogP contribution < -0.4 is 4.74 Å². The van der Waals surface area contributed by atoms with E-state index in [-0.39, 0.29) is 11.7 Å². The van der Waals surface area contributed by atoms with Gasteiger partial charge < -0.3 is 14.7 Å². The number of hydrogen-bond donors (Lipinski definition) is 1. The van der Waals surface area contributed by atoms with Gasteiger partial charge >= 0.3 is 0 Å². The summed E-state index contributed by atoms with van der Waals surface area (Å²) in [6, 6.07) is 5.95. The topological polar surface area (TPSA) is 53.0 Å². The van der Waals surface area contributed by atoms with Gasteiger partial charge in [0.2, 0.25) is 5.91 Å². The Hall–Kier alpha value is -1.75. The van der Waals surface area contributed by atoms with E-state index in [0.717, 1.165) is 50.5 Å². The lowest BCUT2D eigenvalue weighted by Gasteiger charge is -2.40. The summed E-state index contributed by atoms with van der Waals surface area (Å²) < 4.78 is 5.12. The van der Waals surface area contributed by atoms with Gasteiger partial charge in [-0.05, 0) is 49.3 Å².